The van der Waals surface area contributed by atoms with Crippen LogP contribution in [0.2, 0.25) is 0 Å². The highest BCUT2D eigenvalue weighted by molar-refractivity contribution is 5.95. The molecule has 1 aromatic heterocycles. The molecule has 0 spiro atoms. The minimum absolute atomic E-state index is 0.271. The monoisotopic (exact) mass is 249 g/mol. The molecule has 1 heterocycles. The van der Waals surface area contributed by atoms with Gasteiger partial charge in [-0.15, -0.1) is 0 Å². The Morgan fingerprint density at radius 3 is 2.44 bits per heavy atom. The summed E-state index contributed by atoms with van der Waals surface area (Å²) in [6.07, 6.45) is 1.33. The quantitative estimate of drug-likeness (QED) is 0.780. The Labute approximate surface area is 101 Å². The summed E-state index contributed by atoms with van der Waals surface area (Å²) in [5, 5.41) is 0. The number of nitrogens with zero attached hydrogens (tertiary/aromatic N) is 1. The Bertz CT molecular complexity index is 632. The van der Waals surface area contributed by atoms with Crippen molar-refractivity contribution >= 4 is 5.78 Å². The fourth-order valence-corrected chi connectivity index (χ4v) is 1.51. The summed E-state index contributed by atoms with van der Waals surface area (Å²) in [6, 6.07) is 7.32. The zero-order chi connectivity index (χ0) is 13.1. The molecule has 0 N–H and O–H groups in total. The lowest BCUT2D eigenvalue weighted by atomic mass is 10.1. The van der Waals surface area contributed by atoms with Crippen LogP contribution in [0.25, 0.3) is 0 Å². The third-order valence-corrected chi connectivity index (χ3v) is 2.45. The Hall–Kier alpha value is -2.30. The third-order valence-electron chi connectivity index (χ3n) is 2.45. The molecule has 0 radical (unpaired) electrons. The number of Topliss-reactive ketones (excluding diaryl/α,β-unsaturated/α-hetero) is 1. The summed E-state index contributed by atoms with van der Waals surface area (Å²) in [5.74, 6) is -1.75. The van der Waals surface area contributed by atoms with Gasteiger partial charge in [0, 0.05) is 11.8 Å². The van der Waals surface area contributed by atoms with Gasteiger partial charge in [-0.1, -0.05) is 0 Å². The maximum atomic E-state index is 13.0. The molecule has 3 nitrogen and oxygen atoms in total. The number of benzene rings is 1. The summed E-state index contributed by atoms with van der Waals surface area (Å²) < 4.78 is 26.6. The summed E-state index contributed by atoms with van der Waals surface area (Å²) in [7, 11) is 0. The number of aromatic nitrogens is 1. The SMILES string of the molecule is O=C(Cn1cccc(F)c1=O)c1ccc(F)cc1. The van der Waals surface area contributed by atoms with Crippen LogP contribution < -0.4 is 5.56 Å². The van der Waals surface area contributed by atoms with Crippen LogP contribution in [0, 0.1) is 11.6 Å². The zero-order valence-corrected chi connectivity index (χ0v) is 9.27. The second-order valence-electron chi connectivity index (χ2n) is 3.72. The molecule has 0 aliphatic rings. The molecule has 0 aliphatic carbocycles. The van der Waals surface area contributed by atoms with E-state index in [2.05, 4.69) is 0 Å². The predicted molar refractivity (Wildman–Crippen MR) is 61.4 cm³/mol. The smallest absolute Gasteiger partial charge is 0.286 e. The number of hydrogen-bond acceptors (Lipinski definition) is 2. The molecular weight excluding hydrogens is 240 g/mol. The van der Waals surface area contributed by atoms with Crippen molar-refractivity contribution in [2.24, 2.45) is 0 Å². The van der Waals surface area contributed by atoms with E-state index in [1.807, 2.05) is 0 Å². The number of rotatable bonds is 3. The first-order valence-electron chi connectivity index (χ1n) is 5.21. The number of carbonyl (C=O) groups is 1. The maximum Gasteiger partial charge on any atom is 0.286 e. The first kappa shape index (κ1) is 12.2. The predicted octanol–water partition coefficient (Wildman–Crippen LogP) is 2.01. The lowest BCUT2D eigenvalue weighted by Crippen LogP contribution is -2.25. The van der Waals surface area contributed by atoms with Crippen molar-refractivity contribution in [3.8, 4) is 0 Å². The van der Waals surface area contributed by atoms with Crippen molar-refractivity contribution in [2.75, 3.05) is 0 Å². The van der Waals surface area contributed by atoms with Crippen molar-refractivity contribution in [3.05, 3.63) is 70.1 Å². The second kappa shape index (κ2) is 4.91. The Kier molecular flexibility index (Phi) is 3.32. The average molecular weight is 249 g/mol. The Morgan fingerprint density at radius 1 is 1.11 bits per heavy atom. The van der Waals surface area contributed by atoms with Crippen molar-refractivity contribution in [3.63, 3.8) is 0 Å². The van der Waals surface area contributed by atoms with Gasteiger partial charge in [-0.3, -0.25) is 9.59 Å². The topological polar surface area (TPSA) is 39.1 Å². The summed E-state index contributed by atoms with van der Waals surface area (Å²) in [5.41, 5.74) is -0.583. The minimum atomic E-state index is -0.913. The molecule has 0 aliphatic heterocycles. The number of halogens is 2. The van der Waals surface area contributed by atoms with Crippen molar-refractivity contribution < 1.29 is 13.6 Å². The molecular formula is C13H9F2NO2. The van der Waals surface area contributed by atoms with E-state index < -0.39 is 17.2 Å². The standard InChI is InChI=1S/C13H9F2NO2/c14-10-5-3-9(4-6-10)12(17)8-16-7-1-2-11(15)13(16)18/h1-7H,8H2. The molecule has 0 saturated heterocycles. The van der Waals surface area contributed by atoms with Crippen LogP contribution in [-0.2, 0) is 6.54 Å². The largest absolute Gasteiger partial charge is 0.305 e. The molecule has 0 saturated carbocycles. The van der Waals surface area contributed by atoms with Gasteiger partial charge in [0.25, 0.3) is 5.56 Å². The fourth-order valence-electron chi connectivity index (χ4n) is 1.51. The number of ketones is 1. The number of carbonyl (C=O) groups excluding carboxylic acids is 1. The summed E-state index contributed by atoms with van der Waals surface area (Å²) in [6.45, 7) is -0.276. The van der Waals surface area contributed by atoms with E-state index in [4.69, 9.17) is 0 Å². The maximum absolute atomic E-state index is 13.0. The molecule has 92 valence electrons. The highest BCUT2D eigenvalue weighted by Gasteiger charge is 2.09. The second-order valence-corrected chi connectivity index (χ2v) is 3.72. The molecule has 0 unspecified atom stereocenters. The van der Waals surface area contributed by atoms with Crippen LogP contribution in [-0.4, -0.2) is 10.4 Å². The number of pyridine rings is 1. The van der Waals surface area contributed by atoms with Crippen LogP contribution in [0.4, 0.5) is 8.78 Å². The molecule has 0 bridgehead atoms. The van der Waals surface area contributed by atoms with Gasteiger partial charge in [-0.2, -0.15) is 0 Å². The van der Waals surface area contributed by atoms with Crippen molar-refractivity contribution in [2.45, 2.75) is 6.54 Å². The molecule has 0 atom stereocenters. The first-order chi connectivity index (χ1) is 8.58. The van der Waals surface area contributed by atoms with Crippen LogP contribution >= 0.6 is 0 Å². The lowest BCUT2D eigenvalue weighted by molar-refractivity contribution is 0.0970. The van der Waals surface area contributed by atoms with Gasteiger partial charge in [0.15, 0.2) is 11.6 Å². The molecule has 2 rings (SSSR count). The van der Waals surface area contributed by atoms with Crippen LogP contribution in [0.5, 0.6) is 0 Å². The fraction of sp³-hybridized carbons (Fsp3) is 0.0769. The molecule has 0 fully saturated rings. The Balaban J connectivity index is 2.24. The molecule has 0 amide bonds. The van der Waals surface area contributed by atoms with E-state index in [0.717, 1.165) is 22.8 Å². The Morgan fingerprint density at radius 2 is 1.78 bits per heavy atom. The van der Waals surface area contributed by atoms with E-state index in [1.165, 1.54) is 24.4 Å². The first-order valence-corrected chi connectivity index (χ1v) is 5.21. The highest BCUT2D eigenvalue weighted by atomic mass is 19.1. The molecule has 5 heteroatoms. The van der Waals surface area contributed by atoms with E-state index >= 15 is 0 Å². The van der Waals surface area contributed by atoms with Crippen LogP contribution in [0.1, 0.15) is 10.4 Å². The van der Waals surface area contributed by atoms with E-state index in [-0.39, 0.29) is 17.9 Å². The van der Waals surface area contributed by atoms with Gasteiger partial charge in [-0.25, -0.2) is 8.78 Å². The van der Waals surface area contributed by atoms with Crippen LogP contribution in [0.3, 0.4) is 0 Å². The lowest BCUT2D eigenvalue weighted by Gasteiger charge is -2.04. The highest BCUT2D eigenvalue weighted by Crippen LogP contribution is 2.04. The van der Waals surface area contributed by atoms with Gasteiger partial charge in [0.05, 0.1) is 6.54 Å². The molecule has 1 aromatic carbocycles. The van der Waals surface area contributed by atoms with Crippen LogP contribution in [0.15, 0.2) is 47.4 Å². The number of hydrogen-bond donors (Lipinski definition) is 0. The van der Waals surface area contributed by atoms with Gasteiger partial charge >= 0.3 is 0 Å². The van der Waals surface area contributed by atoms with Gasteiger partial charge < -0.3 is 4.57 Å². The zero-order valence-electron chi connectivity index (χ0n) is 9.27. The van der Waals surface area contributed by atoms with E-state index in [9.17, 15) is 18.4 Å². The van der Waals surface area contributed by atoms with Gasteiger partial charge in [0.2, 0.25) is 0 Å². The van der Waals surface area contributed by atoms with E-state index in [0.29, 0.717) is 0 Å². The summed E-state index contributed by atoms with van der Waals surface area (Å²) in [4.78, 5) is 23.1. The molecule has 18 heavy (non-hydrogen) atoms. The van der Waals surface area contributed by atoms with Crippen molar-refractivity contribution in [1.82, 2.24) is 4.57 Å². The average Bonchev–Trinajstić information content (AvgIpc) is 2.36. The van der Waals surface area contributed by atoms with Gasteiger partial charge in [-0.05, 0) is 36.4 Å². The van der Waals surface area contributed by atoms with Gasteiger partial charge in [0.1, 0.15) is 5.82 Å². The molecule has 2 aromatic rings. The van der Waals surface area contributed by atoms with Crippen molar-refractivity contribution in [1.29, 1.82) is 0 Å². The van der Waals surface area contributed by atoms with E-state index in [1.54, 1.807) is 0 Å². The third kappa shape index (κ3) is 2.51. The summed E-state index contributed by atoms with van der Waals surface area (Å²) >= 11 is 0. The minimum Gasteiger partial charge on any atom is -0.305 e. The normalized spacial score (nSPS) is 10.3.